The lowest BCUT2D eigenvalue weighted by molar-refractivity contribution is 0.115. The molecule has 1 saturated heterocycles. The number of benzene rings is 2. The van der Waals surface area contributed by atoms with Crippen LogP contribution in [-0.4, -0.2) is 49.3 Å². The fraction of sp³-hybridized carbons (Fsp3) is 0.333. The van der Waals surface area contributed by atoms with Gasteiger partial charge in [0.05, 0.1) is 30.1 Å². The molecule has 1 aliphatic heterocycles. The lowest BCUT2D eigenvalue weighted by Crippen LogP contribution is -2.43. The van der Waals surface area contributed by atoms with E-state index in [2.05, 4.69) is 10.3 Å². The molecular formula is C21H23N3O4S. The van der Waals surface area contributed by atoms with Gasteiger partial charge in [-0.25, -0.2) is 9.78 Å². The molecular weight excluding hydrogens is 390 g/mol. The molecule has 1 N–H and O–H groups in total. The molecule has 7 nitrogen and oxygen atoms in total. The van der Waals surface area contributed by atoms with E-state index in [1.807, 2.05) is 42.5 Å². The number of piperidine rings is 1. The molecule has 2 aromatic carbocycles. The molecule has 0 unspecified atom stereocenters. The minimum Gasteiger partial charge on any atom is -0.497 e. The third-order valence-corrected chi connectivity index (χ3v) is 5.83. The summed E-state index contributed by atoms with van der Waals surface area (Å²) < 4.78 is 17.7. The quantitative estimate of drug-likeness (QED) is 0.672. The molecule has 1 fully saturated rings. The van der Waals surface area contributed by atoms with Crippen LogP contribution in [0.2, 0.25) is 0 Å². The van der Waals surface area contributed by atoms with Gasteiger partial charge in [0.25, 0.3) is 5.19 Å². The summed E-state index contributed by atoms with van der Waals surface area (Å²) in [4.78, 5) is 18.9. The number of nitrogens with one attached hydrogen (secondary N) is 1. The van der Waals surface area contributed by atoms with Crippen molar-refractivity contribution in [3.8, 4) is 16.7 Å². The number of carbonyl (C=O) groups excluding carboxylic acids is 1. The van der Waals surface area contributed by atoms with Gasteiger partial charge in [-0.15, -0.1) is 0 Å². The summed E-state index contributed by atoms with van der Waals surface area (Å²) in [5.41, 5.74) is 1.57. The third-order valence-electron chi connectivity index (χ3n) is 4.92. The normalized spacial score (nSPS) is 14.6. The number of rotatable bonds is 5. The summed E-state index contributed by atoms with van der Waals surface area (Å²) in [6.07, 6.45) is 1.57. The van der Waals surface area contributed by atoms with Gasteiger partial charge < -0.3 is 24.4 Å². The van der Waals surface area contributed by atoms with Gasteiger partial charge in [-0.3, -0.25) is 0 Å². The number of hydrogen-bond donors (Lipinski definition) is 1. The van der Waals surface area contributed by atoms with Gasteiger partial charge in [0.15, 0.2) is 0 Å². The Balaban J connectivity index is 1.33. The van der Waals surface area contributed by atoms with E-state index in [1.165, 1.54) is 11.3 Å². The van der Waals surface area contributed by atoms with Crippen molar-refractivity contribution in [3.05, 3.63) is 42.5 Å². The molecule has 1 aliphatic rings. The molecule has 2 heterocycles. The van der Waals surface area contributed by atoms with Crippen LogP contribution in [0, 0.1) is 0 Å². The third kappa shape index (κ3) is 4.37. The minimum atomic E-state index is -0.125. The van der Waals surface area contributed by atoms with E-state index in [0.29, 0.717) is 29.7 Å². The highest BCUT2D eigenvalue weighted by atomic mass is 32.1. The molecule has 1 aromatic heterocycles. The van der Waals surface area contributed by atoms with Crippen molar-refractivity contribution in [1.82, 2.24) is 9.88 Å². The van der Waals surface area contributed by atoms with Gasteiger partial charge in [0.1, 0.15) is 17.6 Å². The van der Waals surface area contributed by atoms with Gasteiger partial charge in [-0.1, -0.05) is 23.5 Å². The summed E-state index contributed by atoms with van der Waals surface area (Å²) in [6.45, 7) is 1.26. The predicted molar refractivity (Wildman–Crippen MR) is 113 cm³/mol. The molecule has 0 bridgehead atoms. The molecule has 4 rings (SSSR count). The zero-order valence-corrected chi connectivity index (χ0v) is 17.2. The lowest BCUT2D eigenvalue weighted by atomic mass is 10.1. The Morgan fingerprint density at radius 2 is 1.93 bits per heavy atom. The first-order valence-electron chi connectivity index (χ1n) is 9.46. The average molecular weight is 413 g/mol. The molecule has 29 heavy (non-hydrogen) atoms. The molecule has 0 spiro atoms. The number of anilines is 1. The number of hydrogen-bond acceptors (Lipinski definition) is 6. The number of methoxy groups -OCH3 is 2. The van der Waals surface area contributed by atoms with Crippen molar-refractivity contribution in [2.45, 2.75) is 18.9 Å². The first-order chi connectivity index (χ1) is 14.2. The van der Waals surface area contributed by atoms with Gasteiger partial charge in [0.2, 0.25) is 0 Å². The Bertz CT molecular complexity index is 999. The molecule has 2 amide bonds. The second-order valence-electron chi connectivity index (χ2n) is 6.75. The summed E-state index contributed by atoms with van der Waals surface area (Å²) in [5, 5.41) is 3.58. The van der Waals surface area contributed by atoms with Crippen molar-refractivity contribution < 1.29 is 19.0 Å². The number of ether oxygens (including phenoxy) is 3. The van der Waals surface area contributed by atoms with Gasteiger partial charge in [-0.05, 0) is 30.3 Å². The fourth-order valence-corrected chi connectivity index (χ4v) is 4.23. The van der Waals surface area contributed by atoms with Crippen LogP contribution in [0.15, 0.2) is 42.5 Å². The molecule has 152 valence electrons. The van der Waals surface area contributed by atoms with E-state index in [0.717, 1.165) is 28.8 Å². The van der Waals surface area contributed by atoms with Crippen LogP contribution in [0.3, 0.4) is 0 Å². The largest absolute Gasteiger partial charge is 0.497 e. The van der Waals surface area contributed by atoms with Crippen LogP contribution in [0.25, 0.3) is 10.2 Å². The summed E-state index contributed by atoms with van der Waals surface area (Å²) >= 11 is 1.51. The highest BCUT2D eigenvalue weighted by Gasteiger charge is 2.25. The lowest BCUT2D eigenvalue weighted by Gasteiger charge is -2.31. The Kier molecular flexibility index (Phi) is 5.71. The maximum absolute atomic E-state index is 12.6. The van der Waals surface area contributed by atoms with E-state index in [1.54, 1.807) is 19.1 Å². The first-order valence-corrected chi connectivity index (χ1v) is 10.3. The van der Waals surface area contributed by atoms with Crippen LogP contribution in [-0.2, 0) is 0 Å². The van der Waals surface area contributed by atoms with E-state index in [4.69, 9.17) is 14.2 Å². The molecule has 0 radical (unpaired) electrons. The summed E-state index contributed by atoms with van der Waals surface area (Å²) in [5.74, 6) is 1.45. The Morgan fingerprint density at radius 1 is 1.14 bits per heavy atom. The average Bonchev–Trinajstić information content (AvgIpc) is 3.15. The number of aromatic nitrogens is 1. The van der Waals surface area contributed by atoms with E-state index < -0.39 is 0 Å². The Labute approximate surface area is 173 Å². The second kappa shape index (κ2) is 8.57. The fourth-order valence-electron chi connectivity index (χ4n) is 3.32. The van der Waals surface area contributed by atoms with Crippen molar-refractivity contribution in [2.24, 2.45) is 0 Å². The van der Waals surface area contributed by atoms with Crippen molar-refractivity contribution >= 4 is 33.3 Å². The zero-order valence-electron chi connectivity index (χ0n) is 16.4. The zero-order chi connectivity index (χ0) is 20.2. The molecule has 8 heteroatoms. The predicted octanol–water partition coefficient (Wildman–Crippen LogP) is 4.39. The van der Waals surface area contributed by atoms with Crippen molar-refractivity contribution in [1.29, 1.82) is 0 Å². The van der Waals surface area contributed by atoms with E-state index in [-0.39, 0.29) is 12.1 Å². The van der Waals surface area contributed by atoms with Crippen LogP contribution in [0.4, 0.5) is 10.5 Å². The number of amides is 2. The van der Waals surface area contributed by atoms with Crippen LogP contribution < -0.4 is 19.5 Å². The van der Waals surface area contributed by atoms with Crippen LogP contribution >= 0.6 is 11.3 Å². The molecule has 0 aliphatic carbocycles. The maximum atomic E-state index is 12.6. The van der Waals surface area contributed by atoms with Gasteiger partial charge in [0, 0.05) is 25.9 Å². The number of likely N-dealkylation sites (tertiary alicyclic amines) is 1. The smallest absolute Gasteiger partial charge is 0.321 e. The van der Waals surface area contributed by atoms with Crippen LogP contribution in [0.5, 0.6) is 16.7 Å². The topological polar surface area (TPSA) is 72.9 Å². The summed E-state index contributed by atoms with van der Waals surface area (Å²) in [7, 11) is 3.24. The van der Waals surface area contributed by atoms with Crippen molar-refractivity contribution in [3.63, 3.8) is 0 Å². The number of carbonyl (C=O) groups is 1. The van der Waals surface area contributed by atoms with Gasteiger partial charge >= 0.3 is 6.03 Å². The number of thiazole rings is 1. The van der Waals surface area contributed by atoms with E-state index in [9.17, 15) is 4.79 Å². The molecule has 0 saturated carbocycles. The highest BCUT2D eigenvalue weighted by Crippen LogP contribution is 2.32. The van der Waals surface area contributed by atoms with E-state index >= 15 is 0 Å². The summed E-state index contributed by atoms with van der Waals surface area (Å²) in [6, 6.07) is 13.1. The number of fused-ring (bicyclic) bond motifs is 1. The van der Waals surface area contributed by atoms with Crippen molar-refractivity contribution in [2.75, 3.05) is 32.6 Å². The Hall–Kier alpha value is -3.00. The molecule has 0 atom stereocenters. The standard InChI is InChI=1S/C21H23N3O4S/c1-26-15-7-8-17-19(13-15)29-21(23-17)28-14-9-11-24(12-10-14)20(25)22-16-5-3-4-6-18(16)27-2/h3-8,13-14H,9-12H2,1-2H3,(H,22,25). The first kappa shape index (κ1) is 19.3. The molecule has 3 aromatic rings. The minimum absolute atomic E-state index is 0.0489. The Morgan fingerprint density at radius 3 is 2.69 bits per heavy atom. The maximum Gasteiger partial charge on any atom is 0.321 e. The number of nitrogens with zero attached hydrogens (tertiary/aromatic N) is 2. The SMILES string of the molecule is COc1ccc2nc(OC3CCN(C(=O)Nc4ccccc4OC)CC3)sc2c1. The highest BCUT2D eigenvalue weighted by molar-refractivity contribution is 7.20. The monoisotopic (exact) mass is 413 g/mol. The number of para-hydroxylation sites is 2. The van der Waals surface area contributed by atoms with Gasteiger partial charge in [-0.2, -0.15) is 0 Å². The number of urea groups is 1. The second-order valence-corrected chi connectivity index (χ2v) is 7.74. The van der Waals surface area contributed by atoms with Crippen LogP contribution in [0.1, 0.15) is 12.8 Å².